The van der Waals surface area contributed by atoms with Crippen LogP contribution in [0.4, 0.5) is 13.6 Å². The van der Waals surface area contributed by atoms with Gasteiger partial charge in [0, 0.05) is 37.3 Å². The maximum absolute atomic E-state index is 13.4. The number of rotatable bonds is 4. The van der Waals surface area contributed by atoms with Crippen LogP contribution in [-0.2, 0) is 4.74 Å². The largest absolute Gasteiger partial charge is 0.450 e. The zero-order chi connectivity index (χ0) is 20.1. The van der Waals surface area contributed by atoms with Crippen molar-refractivity contribution in [2.45, 2.75) is 44.7 Å². The number of carbonyl (C=O) groups excluding carboxylic acids is 2. The molecule has 2 aliphatic heterocycles. The molecule has 1 atom stereocenters. The molecule has 8 heteroatoms. The van der Waals surface area contributed by atoms with E-state index in [4.69, 9.17) is 4.74 Å². The molecule has 1 aromatic rings. The van der Waals surface area contributed by atoms with E-state index in [-0.39, 0.29) is 23.6 Å². The normalized spacial score (nSPS) is 21.4. The van der Waals surface area contributed by atoms with E-state index in [2.05, 4.69) is 10.2 Å². The van der Waals surface area contributed by atoms with Crippen LogP contribution in [0.15, 0.2) is 18.2 Å². The lowest BCUT2D eigenvalue weighted by Crippen LogP contribution is -2.54. The van der Waals surface area contributed by atoms with Crippen LogP contribution in [0.25, 0.3) is 0 Å². The Bertz CT molecular complexity index is 708. The van der Waals surface area contributed by atoms with Gasteiger partial charge in [0.2, 0.25) is 0 Å². The second-order valence-electron chi connectivity index (χ2n) is 7.35. The van der Waals surface area contributed by atoms with Crippen LogP contribution in [0.3, 0.4) is 0 Å². The molecule has 1 unspecified atom stereocenters. The Labute approximate surface area is 163 Å². The third-order valence-electron chi connectivity index (χ3n) is 5.48. The summed E-state index contributed by atoms with van der Waals surface area (Å²) in [5.74, 6) is -2.37. The third-order valence-corrected chi connectivity index (χ3v) is 5.48. The van der Waals surface area contributed by atoms with E-state index >= 15 is 0 Å². The van der Waals surface area contributed by atoms with Gasteiger partial charge in [-0.15, -0.1) is 0 Å². The number of likely N-dealkylation sites (tertiary alicyclic amines) is 2. The summed E-state index contributed by atoms with van der Waals surface area (Å²) in [6.07, 6.45) is 3.32. The number of nitrogens with zero attached hydrogens (tertiary/aromatic N) is 2. The quantitative estimate of drug-likeness (QED) is 0.852. The molecule has 0 bridgehead atoms. The van der Waals surface area contributed by atoms with E-state index < -0.39 is 11.6 Å². The minimum Gasteiger partial charge on any atom is -0.450 e. The van der Waals surface area contributed by atoms with E-state index in [1.807, 2.05) is 0 Å². The van der Waals surface area contributed by atoms with Crippen molar-refractivity contribution < 1.29 is 23.1 Å². The topological polar surface area (TPSA) is 61.9 Å². The number of hydrogen-bond acceptors (Lipinski definition) is 4. The van der Waals surface area contributed by atoms with Crippen LogP contribution in [-0.4, -0.2) is 66.7 Å². The van der Waals surface area contributed by atoms with Crippen molar-refractivity contribution in [2.75, 3.05) is 32.8 Å². The summed E-state index contributed by atoms with van der Waals surface area (Å²) < 4.78 is 31.5. The van der Waals surface area contributed by atoms with Crippen LogP contribution in [0, 0.1) is 11.6 Å². The summed E-state index contributed by atoms with van der Waals surface area (Å²) >= 11 is 0. The van der Waals surface area contributed by atoms with Gasteiger partial charge in [0.15, 0.2) is 11.6 Å². The molecule has 2 amide bonds. The van der Waals surface area contributed by atoms with Crippen LogP contribution >= 0.6 is 0 Å². The van der Waals surface area contributed by atoms with Gasteiger partial charge in [-0.3, -0.25) is 9.69 Å². The minimum atomic E-state index is -1.02. The Morgan fingerprint density at radius 2 is 1.89 bits per heavy atom. The van der Waals surface area contributed by atoms with Crippen molar-refractivity contribution in [3.05, 3.63) is 35.4 Å². The Hall–Kier alpha value is -2.22. The Morgan fingerprint density at radius 1 is 1.14 bits per heavy atom. The number of nitrogens with one attached hydrogen (secondary N) is 1. The van der Waals surface area contributed by atoms with E-state index in [1.165, 1.54) is 6.07 Å². The molecule has 6 nitrogen and oxygen atoms in total. The zero-order valence-corrected chi connectivity index (χ0v) is 16.1. The standard InChI is InChI=1S/C20H27F2N3O3/c1-2-28-20(27)24-10-7-16(8-11-24)25-9-3-4-15(13-25)23-19(26)14-5-6-17(21)18(22)12-14/h5-6,12,15-16H,2-4,7-11,13H2,1H3,(H,23,26). The first-order chi connectivity index (χ1) is 13.5. The van der Waals surface area contributed by atoms with Crippen LogP contribution in [0.2, 0.25) is 0 Å². The summed E-state index contributed by atoms with van der Waals surface area (Å²) in [7, 11) is 0. The number of benzene rings is 1. The molecule has 2 saturated heterocycles. The fourth-order valence-electron chi connectivity index (χ4n) is 3.99. The lowest BCUT2D eigenvalue weighted by molar-refractivity contribution is 0.0601. The Morgan fingerprint density at radius 3 is 2.57 bits per heavy atom. The number of piperidine rings is 2. The van der Waals surface area contributed by atoms with Crippen molar-refractivity contribution in [1.29, 1.82) is 0 Å². The average molecular weight is 395 g/mol. The zero-order valence-electron chi connectivity index (χ0n) is 16.1. The van der Waals surface area contributed by atoms with Crippen molar-refractivity contribution in [1.82, 2.24) is 15.1 Å². The van der Waals surface area contributed by atoms with Gasteiger partial charge in [-0.1, -0.05) is 0 Å². The van der Waals surface area contributed by atoms with Crippen molar-refractivity contribution >= 4 is 12.0 Å². The lowest BCUT2D eigenvalue weighted by atomic mass is 9.98. The molecule has 1 N–H and O–H groups in total. The van der Waals surface area contributed by atoms with Crippen LogP contribution in [0.5, 0.6) is 0 Å². The molecule has 2 fully saturated rings. The van der Waals surface area contributed by atoms with E-state index in [0.29, 0.717) is 25.7 Å². The average Bonchev–Trinajstić information content (AvgIpc) is 2.70. The number of amides is 2. The maximum atomic E-state index is 13.4. The van der Waals surface area contributed by atoms with Gasteiger partial charge < -0.3 is 15.0 Å². The maximum Gasteiger partial charge on any atom is 0.409 e. The van der Waals surface area contributed by atoms with Crippen molar-refractivity contribution in [3.8, 4) is 0 Å². The highest BCUT2D eigenvalue weighted by Crippen LogP contribution is 2.22. The van der Waals surface area contributed by atoms with Crippen molar-refractivity contribution in [2.24, 2.45) is 0 Å². The molecule has 28 heavy (non-hydrogen) atoms. The highest BCUT2D eigenvalue weighted by molar-refractivity contribution is 5.94. The number of halogens is 2. The first-order valence-corrected chi connectivity index (χ1v) is 9.89. The van der Waals surface area contributed by atoms with Crippen molar-refractivity contribution in [3.63, 3.8) is 0 Å². The van der Waals surface area contributed by atoms with E-state index in [9.17, 15) is 18.4 Å². The number of ether oxygens (including phenoxy) is 1. The third kappa shape index (κ3) is 4.98. The SMILES string of the molecule is CCOC(=O)N1CCC(N2CCCC(NC(=O)c3ccc(F)c(F)c3)C2)CC1. The molecule has 0 aliphatic carbocycles. The van der Waals surface area contributed by atoms with Gasteiger partial charge in [-0.05, 0) is 57.4 Å². The highest BCUT2D eigenvalue weighted by Gasteiger charge is 2.31. The first kappa shape index (κ1) is 20.5. The summed E-state index contributed by atoms with van der Waals surface area (Å²) in [5, 5.41) is 2.94. The molecule has 2 aliphatic rings. The molecule has 0 spiro atoms. The molecule has 3 rings (SSSR count). The summed E-state index contributed by atoms with van der Waals surface area (Å²) in [4.78, 5) is 28.3. The van der Waals surface area contributed by atoms with Gasteiger partial charge in [-0.2, -0.15) is 0 Å². The van der Waals surface area contributed by atoms with Gasteiger partial charge in [0.1, 0.15) is 0 Å². The summed E-state index contributed by atoms with van der Waals surface area (Å²) in [5.41, 5.74) is 0.124. The Balaban J connectivity index is 1.51. The second kappa shape index (κ2) is 9.32. The smallest absolute Gasteiger partial charge is 0.409 e. The lowest BCUT2D eigenvalue weighted by Gasteiger charge is -2.42. The predicted molar refractivity (Wildman–Crippen MR) is 100 cm³/mol. The summed E-state index contributed by atoms with van der Waals surface area (Å²) in [6.45, 7) is 5.20. The van der Waals surface area contributed by atoms with Gasteiger partial charge >= 0.3 is 6.09 Å². The fraction of sp³-hybridized carbons (Fsp3) is 0.600. The molecule has 0 radical (unpaired) electrons. The molecule has 2 heterocycles. The predicted octanol–water partition coefficient (Wildman–Crippen LogP) is 2.78. The molecular formula is C20H27F2N3O3. The molecule has 1 aromatic carbocycles. The van der Waals surface area contributed by atoms with Crippen LogP contribution < -0.4 is 5.32 Å². The van der Waals surface area contributed by atoms with E-state index in [0.717, 1.165) is 50.9 Å². The van der Waals surface area contributed by atoms with Gasteiger partial charge in [0.25, 0.3) is 5.91 Å². The first-order valence-electron chi connectivity index (χ1n) is 9.89. The number of carbonyl (C=O) groups is 2. The van der Waals surface area contributed by atoms with Gasteiger partial charge in [-0.25, -0.2) is 13.6 Å². The van der Waals surface area contributed by atoms with Crippen LogP contribution in [0.1, 0.15) is 43.0 Å². The Kier molecular flexibility index (Phi) is 6.83. The monoisotopic (exact) mass is 395 g/mol. The molecular weight excluding hydrogens is 368 g/mol. The van der Waals surface area contributed by atoms with E-state index in [1.54, 1.807) is 11.8 Å². The minimum absolute atomic E-state index is 0.0301. The fourth-order valence-corrected chi connectivity index (χ4v) is 3.99. The van der Waals surface area contributed by atoms with Gasteiger partial charge in [0.05, 0.1) is 6.61 Å². The highest BCUT2D eigenvalue weighted by atomic mass is 19.2. The number of hydrogen-bond donors (Lipinski definition) is 1. The summed E-state index contributed by atoms with van der Waals surface area (Å²) in [6, 6.07) is 3.52. The molecule has 0 saturated carbocycles. The second-order valence-corrected chi connectivity index (χ2v) is 7.35. The molecule has 154 valence electrons. The molecule has 0 aromatic heterocycles.